The number of hydrogen-bond donors (Lipinski definition) is 0. The van der Waals surface area contributed by atoms with E-state index in [9.17, 15) is 14.4 Å². The average molecular weight is 454 g/mol. The van der Waals surface area contributed by atoms with Crippen LogP contribution in [-0.4, -0.2) is 29.4 Å². The molecule has 0 N–H and O–H groups in total. The lowest BCUT2D eigenvalue weighted by molar-refractivity contribution is -0.118. The number of carbonyl (C=O) groups is 3. The van der Waals surface area contributed by atoms with E-state index in [0.29, 0.717) is 16.1 Å². The maximum absolute atomic E-state index is 14.2. The van der Waals surface area contributed by atoms with E-state index in [4.69, 9.17) is 11.6 Å². The van der Waals surface area contributed by atoms with Crippen molar-refractivity contribution in [2.24, 2.45) is 5.41 Å². The van der Waals surface area contributed by atoms with Gasteiger partial charge in [0.25, 0.3) is 0 Å². The van der Waals surface area contributed by atoms with Crippen molar-refractivity contribution in [1.82, 2.24) is 0 Å². The molecule has 3 aromatic carbocycles. The van der Waals surface area contributed by atoms with Gasteiger partial charge in [-0.15, -0.1) is 0 Å². The van der Waals surface area contributed by atoms with Crippen LogP contribution in [0.4, 0.5) is 5.69 Å². The van der Waals surface area contributed by atoms with Gasteiger partial charge in [-0.05, 0) is 36.2 Å². The smallest absolute Gasteiger partial charge is 0.180 e. The molecular weight excluding hydrogens is 434 g/mol. The molecule has 3 aliphatic rings. The second-order valence-corrected chi connectivity index (χ2v) is 9.36. The van der Waals surface area contributed by atoms with Gasteiger partial charge in [-0.3, -0.25) is 14.4 Å². The number of anilines is 1. The van der Waals surface area contributed by atoms with E-state index >= 15 is 0 Å². The van der Waals surface area contributed by atoms with Gasteiger partial charge in [0.1, 0.15) is 5.41 Å². The SMILES string of the molecule is CC(=O)[C@@H]1[C@@H](c2ccc(Cl)cc2)C2(C(=O)c3ccccc3C2=O)[C@@H]2C=Cc3ccccc3N12. The molecule has 5 heteroatoms. The summed E-state index contributed by atoms with van der Waals surface area (Å²) in [5.41, 5.74) is 2.00. The molecule has 1 saturated heterocycles. The van der Waals surface area contributed by atoms with Crippen molar-refractivity contribution < 1.29 is 14.4 Å². The summed E-state index contributed by atoms with van der Waals surface area (Å²) in [4.78, 5) is 43.7. The van der Waals surface area contributed by atoms with Crippen LogP contribution in [0.25, 0.3) is 6.08 Å². The van der Waals surface area contributed by atoms with Crippen molar-refractivity contribution in [3.63, 3.8) is 0 Å². The first-order chi connectivity index (χ1) is 16.0. The van der Waals surface area contributed by atoms with Crippen molar-refractivity contribution in [1.29, 1.82) is 0 Å². The molecule has 1 fully saturated rings. The second-order valence-electron chi connectivity index (χ2n) is 8.93. The van der Waals surface area contributed by atoms with Gasteiger partial charge >= 0.3 is 0 Å². The molecule has 0 aromatic heterocycles. The molecule has 2 heterocycles. The average Bonchev–Trinajstić information content (AvgIpc) is 3.27. The van der Waals surface area contributed by atoms with E-state index in [2.05, 4.69) is 0 Å². The Hall–Kier alpha value is -3.50. The van der Waals surface area contributed by atoms with Gasteiger partial charge < -0.3 is 4.90 Å². The van der Waals surface area contributed by atoms with Gasteiger partial charge in [-0.2, -0.15) is 0 Å². The molecule has 0 saturated carbocycles. The third kappa shape index (κ3) is 2.50. The van der Waals surface area contributed by atoms with Gasteiger partial charge in [0.2, 0.25) is 0 Å². The summed E-state index contributed by atoms with van der Waals surface area (Å²) in [6, 6.07) is 20.7. The van der Waals surface area contributed by atoms with Crippen LogP contribution in [0, 0.1) is 5.41 Å². The van der Waals surface area contributed by atoms with E-state index in [1.54, 1.807) is 43.3 Å². The van der Waals surface area contributed by atoms with Gasteiger partial charge in [0, 0.05) is 27.8 Å². The predicted octanol–water partition coefficient (Wildman–Crippen LogP) is 5.36. The molecule has 162 valence electrons. The molecule has 0 radical (unpaired) electrons. The minimum absolute atomic E-state index is 0.0847. The summed E-state index contributed by atoms with van der Waals surface area (Å²) in [6.07, 6.45) is 3.89. The molecule has 1 spiro atoms. The zero-order valence-electron chi connectivity index (χ0n) is 17.9. The Bertz CT molecular complexity index is 1340. The molecule has 0 bridgehead atoms. The monoisotopic (exact) mass is 453 g/mol. The van der Waals surface area contributed by atoms with Gasteiger partial charge in [0.15, 0.2) is 17.3 Å². The van der Waals surface area contributed by atoms with E-state index in [1.807, 2.05) is 53.5 Å². The quantitative estimate of drug-likeness (QED) is 0.490. The fourth-order valence-electron chi connectivity index (χ4n) is 6.11. The van der Waals surface area contributed by atoms with Gasteiger partial charge in [-0.25, -0.2) is 0 Å². The highest BCUT2D eigenvalue weighted by Crippen LogP contribution is 2.60. The summed E-state index contributed by atoms with van der Waals surface area (Å²) in [5.74, 6) is -1.17. The van der Waals surface area contributed by atoms with Crippen LogP contribution >= 0.6 is 11.6 Å². The van der Waals surface area contributed by atoms with E-state index in [-0.39, 0.29) is 17.3 Å². The summed E-state index contributed by atoms with van der Waals surface area (Å²) in [7, 11) is 0. The Morgan fingerprint density at radius 2 is 1.48 bits per heavy atom. The van der Waals surface area contributed by atoms with Crippen molar-refractivity contribution >= 4 is 40.7 Å². The molecule has 33 heavy (non-hydrogen) atoms. The number of benzene rings is 3. The third-order valence-corrected chi connectivity index (χ3v) is 7.61. The number of ketones is 3. The van der Waals surface area contributed by atoms with Crippen LogP contribution < -0.4 is 4.90 Å². The third-order valence-electron chi connectivity index (χ3n) is 7.36. The number of Topliss-reactive ketones (excluding diaryl/α,β-unsaturated/α-hetero) is 3. The largest absolute Gasteiger partial charge is 0.352 e. The minimum atomic E-state index is -1.43. The fourth-order valence-corrected chi connectivity index (χ4v) is 6.24. The number of halogens is 1. The van der Waals surface area contributed by atoms with Crippen LogP contribution in [0.15, 0.2) is 78.9 Å². The lowest BCUT2D eigenvalue weighted by atomic mass is 9.64. The normalized spacial score (nSPS) is 24.1. The Kier molecular flexibility index (Phi) is 4.27. The Morgan fingerprint density at radius 3 is 2.12 bits per heavy atom. The number of fused-ring (bicyclic) bond motifs is 5. The van der Waals surface area contributed by atoms with E-state index < -0.39 is 23.4 Å². The minimum Gasteiger partial charge on any atom is -0.352 e. The second kappa shape index (κ2) is 7.00. The van der Waals surface area contributed by atoms with Crippen LogP contribution in [0.1, 0.15) is 44.7 Å². The zero-order valence-corrected chi connectivity index (χ0v) is 18.6. The molecule has 6 rings (SSSR count). The number of para-hydroxylation sites is 1. The highest BCUT2D eigenvalue weighted by molar-refractivity contribution is 6.32. The summed E-state index contributed by atoms with van der Waals surface area (Å²) in [5, 5.41) is 0.556. The Balaban J connectivity index is 1.68. The molecule has 1 aliphatic carbocycles. The lowest BCUT2D eigenvalue weighted by Gasteiger charge is -2.37. The summed E-state index contributed by atoms with van der Waals surface area (Å²) < 4.78 is 0. The van der Waals surface area contributed by atoms with Gasteiger partial charge in [-0.1, -0.05) is 78.4 Å². The van der Waals surface area contributed by atoms with Crippen molar-refractivity contribution in [3.8, 4) is 0 Å². The Labute approximate surface area is 196 Å². The van der Waals surface area contributed by atoms with Crippen molar-refractivity contribution in [3.05, 3.63) is 106 Å². The molecule has 4 nitrogen and oxygen atoms in total. The zero-order chi connectivity index (χ0) is 22.9. The maximum atomic E-state index is 14.2. The first-order valence-electron chi connectivity index (χ1n) is 11.0. The van der Waals surface area contributed by atoms with Crippen molar-refractivity contribution in [2.75, 3.05) is 4.90 Å². The molecule has 0 amide bonds. The first kappa shape index (κ1) is 20.1. The first-order valence-corrected chi connectivity index (χ1v) is 11.3. The lowest BCUT2D eigenvalue weighted by Crippen LogP contribution is -2.48. The molecular formula is C28H20ClNO3. The predicted molar refractivity (Wildman–Crippen MR) is 128 cm³/mol. The number of nitrogens with zero attached hydrogens (tertiary/aromatic N) is 1. The van der Waals surface area contributed by atoms with Crippen molar-refractivity contribution in [2.45, 2.75) is 24.9 Å². The number of carbonyl (C=O) groups excluding carboxylic acids is 3. The maximum Gasteiger partial charge on any atom is 0.180 e. The standard InChI is InChI=1S/C28H20ClNO3/c1-16(31)25-24(18-10-13-19(29)14-11-18)28(26(32)20-7-3-4-8-21(20)27(28)33)23-15-12-17-6-2-5-9-22(17)30(23)25/h2-15,23-25H,1H3/t23-,24+,25+/m0/s1. The number of hydrogen-bond acceptors (Lipinski definition) is 4. The van der Waals surface area contributed by atoms with E-state index in [1.165, 1.54) is 0 Å². The fraction of sp³-hybridized carbons (Fsp3) is 0.179. The molecule has 3 aromatic rings. The topological polar surface area (TPSA) is 54.5 Å². The van der Waals surface area contributed by atoms with Gasteiger partial charge in [0.05, 0.1) is 12.1 Å². The molecule has 2 aliphatic heterocycles. The molecule has 3 atom stereocenters. The summed E-state index contributed by atoms with van der Waals surface area (Å²) in [6.45, 7) is 1.54. The highest BCUT2D eigenvalue weighted by atomic mass is 35.5. The van der Waals surface area contributed by atoms with Crippen LogP contribution in [0.3, 0.4) is 0 Å². The Morgan fingerprint density at radius 1 is 0.879 bits per heavy atom. The van der Waals surface area contributed by atoms with Crippen LogP contribution in [0.5, 0.6) is 0 Å². The van der Waals surface area contributed by atoms with E-state index in [0.717, 1.165) is 16.8 Å². The van der Waals surface area contributed by atoms with Crippen LogP contribution in [0.2, 0.25) is 5.02 Å². The number of rotatable bonds is 2. The highest BCUT2D eigenvalue weighted by Gasteiger charge is 2.71. The summed E-state index contributed by atoms with van der Waals surface area (Å²) >= 11 is 6.17. The van der Waals surface area contributed by atoms with Crippen LogP contribution in [-0.2, 0) is 4.79 Å². The molecule has 0 unspecified atom stereocenters.